The molecule has 2 nitrogen and oxygen atoms in total. The summed E-state index contributed by atoms with van der Waals surface area (Å²) in [5.41, 5.74) is -1.09. The Morgan fingerprint density at radius 1 is 1.57 bits per heavy atom. The van der Waals surface area contributed by atoms with Crippen LogP contribution in [0, 0.1) is 17.3 Å². The fraction of sp³-hybridized carbons (Fsp3) is 0.250. The average Bonchev–Trinajstić information content (AvgIpc) is 2.11. The molecular weight excluding hydrogens is 217 g/mol. The first kappa shape index (κ1) is 10.8. The van der Waals surface area contributed by atoms with Crippen molar-refractivity contribution in [2.75, 3.05) is 0 Å². The molecule has 14 heavy (non-hydrogen) atoms. The number of nitriles is 1. The van der Waals surface area contributed by atoms with Gasteiger partial charge < -0.3 is 0 Å². The number of nitrogens with zero attached hydrogens (tertiary/aromatic N) is 2. The highest BCUT2D eigenvalue weighted by Crippen LogP contribution is 2.29. The Kier molecular flexibility index (Phi) is 3.31. The van der Waals surface area contributed by atoms with Crippen LogP contribution in [0.25, 0.3) is 0 Å². The minimum absolute atomic E-state index is 0.122. The second-order valence-corrected chi connectivity index (χ2v) is 2.83. The van der Waals surface area contributed by atoms with E-state index in [0.717, 1.165) is 6.20 Å². The lowest BCUT2D eigenvalue weighted by atomic mass is 10.1. The van der Waals surface area contributed by atoms with Crippen LogP contribution < -0.4 is 0 Å². The van der Waals surface area contributed by atoms with Crippen LogP contribution in [0.5, 0.6) is 0 Å². The summed E-state index contributed by atoms with van der Waals surface area (Å²) in [4.78, 5) is 3.05. The van der Waals surface area contributed by atoms with E-state index in [1.807, 2.05) is 0 Å². The quantitative estimate of drug-likeness (QED) is 0.719. The topological polar surface area (TPSA) is 36.7 Å². The lowest BCUT2D eigenvalue weighted by Gasteiger charge is -2.07. The van der Waals surface area contributed by atoms with Gasteiger partial charge in [0.15, 0.2) is 0 Å². The molecule has 0 saturated heterocycles. The van der Waals surface area contributed by atoms with Crippen molar-refractivity contribution in [3.05, 3.63) is 28.3 Å². The summed E-state index contributed by atoms with van der Waals surface area (Å²) in [6.07, 6.45) is -2.47. The van der Waals surface area contributed by atoms with E-state index in [1.54, 1.807) is 6.07 Å². The molecule has 1 rings (SSSR count). The normalized spacial score (nSPS) is 10.3. The van der Waals surface area contributed by atoms with Crippen LogP contribution in [0.1, 0.15) is 17.6 Å². The van der Waals surface area contributed by atoms with E-state index in [1.165, 1.54) is 0 Å². The van der Waals surface area contributed by atoms with Gasteiger partial charge in [-0.3, -0.25) is 0 Å². The van der Waals surface area contributed by atoms with E-state index in [2.05, 4.69) is 4.98 Å². The molecule has 0 aliphatic carbocycles. The van der Waals surface area contributed by atoms with Gasteiger partial charge in [-0.15, -0.1) is 0 Å². The van der Waals surface area contributed by atoms with Crippen LogP contribution >= 0.6 is 11.6 Å². The maximum Gasteiger partial charge on any atom is 0.268 e. The molecule has 0 unspecified atom stereocenters. The Bertz CT molecular complexity index is 387. The summed E-state index contributed by atoms with van der Waals surface area (Å²) in [6, 6.07) is 1.64. The molecule has 0 N–H and O–H groups in total. The average molecular weight is 221 g/mol. The molecule has 0 aliphatic rings. The summed E-state index contributed by atoms with van der Waals surface area (Å²) in [5.74, 6) is -1.28. The largest absolute Gasteiger partial charge is 0.268 e. The third kappa shape index (κ3) is 1.96. The predicted octanol–water partition coefficient (Wildman–Crippen LogP) is 2.88. The van der Waals surface area contributed by atoms with Gasteiger partial charge >= 0.3 is 0 Å². The first-order valence-corrected chi connectivity index (χ1v) is 3.93. The van der Waals surface area contributed by atoms with E-state index in [0.29, 0.717) is 0 Å². The monoisotopic (exact) mass is 220 g/mol. The highest BCUT2D eigenvalue weighted by molar-refractivity contribution is 6.31. The molecule has 0 aromatic carbocycles. The van der Waals surface area contributed by atoms with E-state index in [4.69, 9.17) is 16.9 Å². The van der Waals surface area contributed by atoms with Crippen molar-refractivity contribution in [2.24, 2.45) is 0 Å². The van der Waals surface area contributed by atoms with E-state index in [9.17, 15) is 13.2 Å². The van der Waals surface area contributed by atoms with E-state index < -0.39 is 17.9 Å². The number of hydrogen-bond donors (Lipinski definition) is 0. The van der Waals surface area contributed by atoms with Crippen LogP contribution in [-0.2, 0) is 6.42 Å². The molecule has 0 bridgehead atoms. The predicted molar refractivity (Wildman–Crippen MR) is 43.5 cm³/mol. The molecule has 0 spiro atoms. The Morgan fingerprint density at radius 3 is 2.71 bits per heavy atom. The number of halogens is 4. The number of hydrogen-bond acceptors (Lipinski definition) is 2. The number of alkyl halides is 2. The smallest absolute Gasteiger partial charge is 0.226 e. The van der Waals surface area contributed by atoms with Gasteiger partial charge in [0.2, 0.25) is 5.95 Å². The lowest BCUT2D eigenvalue weighted by Crippen LogP contribution is -2.01. The second kappa shape index (κ2) is 4.29. The molecule has 74 valence electrons. The van der Waals surface area contributed by atoms with Gasteiger partial charge in [-0.25, -0.2) is 13.8 Å². The maximum atomic E-state index is 12.8. The van der Waals surface area contributed by atoms with Crippen molar-refractivity contribution in [1.82, 2.24) is 4.98 Å². The zero-order valence-electron chi connectivity index (χ0n) is 6.77. The third-order valence-electron chi connectivity index (χ3n) is 1.60. The molecule has 1 aromatic rings. The summed E-state index contributed by atoms with van der Waals surface area (Å²) in [5, 5.41) is 8.22. The van der Waals surface area contributed by atoms with Gasteiger partial charge in [0.1, 0.15) is 0 Å². The standard InChI is InChI=1S/C8H4ClF3N2/c9-5-3-14-8(12)6(7(10)11)4(5)1-2-13/h3,7H,1H2. The van der Waals surface area contributed by atoms with Gasteiger partial charge in [-0.1, -0.05) is 11.6 Å². The van der Waals surface area contributed by atoms with Crippen molar-refractivity contribution in [3.8, 4) is 6.07 Å². The third-order valence-corrected chi connectivity index (χ3v) is 1.93. The zero-order chi connectivity index (χ0) is 10.7. The van der Waals surface area contributed by atoms with Crippen molar-refractivity contribution in [1.29, 1.82) is 5.26 Å². The van der Waals surface area contributed by atoms with Crippen molar-refractivity contribution in [3.63, 3.8) is 0 Å². The minimum atomic E-state index is -3.02. The van der Waals surface area contributed by atoms with Gasteiger partial charge in [0, 0.05) is 6.20 Å². The van der Waals surface area contributed by atoms with Crippen LogP contribution in [-0.4, -0.2) is 4.98 Å². The molecular formula is C8H4ClF3N2. The van der Waals surface area contributed by atoms with Crippen molar-refractivity contribution < 1.29 is 13.2 Å². The van der Waals surface area contributed by atoms with Crippen molar-refractivity contribution >= 4 is 11.6 Å². The molecule has 0 saturated carbocycles. The van der Waals surface area contributed by atoms with Crippen LogP contribution in [0.4, 0.5) is 13.2 Å². The number of aromatic nitrogens is 1. The number of rotatable bonds is 2. The molecule has 1 heterocycles. The SMILES string of the molecule is N#CCc1c(Cl)cnc(F)c1C(F)F. The maximum absolute atomic E-state index is 12.8. The summed E-state index contributed by atoms with van der Waals surface area (Å²) >= 11 is 5.51. The molecule has 6 heteroatoms. The van der Waals surface area contributed by atoms with Crippen LogP contribution in [0.2, 0.25) is 5.02 Å². The van der Waals surface area contributed by atoms with Crippen LogP contribution in [0.15, 0.2) is 6.20 Å². The highest BCUT2D eigenvalue weighted by atomic mass is 35.5. The van der Waals surface area contributed by atoms with Gasteiger partial charge in [0.25, 0.3) is 6.43 Å². The molecule has 0 aliphatic heterocycles. The fourth-order valence-electron chi connectivity index (χ4n) is 0.994. The molecule has 0 atom stereocenters. The van der Waals surface area contributed by atoms with E-state index >= 15 is 0 Å². The first-order chi connectivity index (χ1) is 6.57. The zero-order valence-corrected chi connectivity index (χ0v) is 7.52. The fourth-order valence-corrected chi connectivity index (χ4v) is 1.21. The Labute approximate surface area is 82.9 Å². The molecule has 1 aromatic heterocycles. The minimum Gasteiger partial charge on any atom is -0.226 e. The lowest BCUT2D eigenvalue weighted by molar-refractivity contribution is 0.144. The number of pyridine rings is 1. The Morgan fingerprint density at radius 2 is 2.21 bits per heavy atom. The summed E-state index contributed by atoms with van der Waals surface area (Å²) in [7, 11) is 0. The van der Waals surface area contributed by atoms with Gasteiger partial charge in [-0.2, -0.15) is 9.65 Å². The van der Waals surface area contributed by atoms with E-state index in [-0.39, 0.29) is 17.0 Å². The summed E-state index contributed by atoms with van der Waals surface area (Å²) in [6.45, 7) is 0. The molecule has 0 amide bonds. The highest BCUT2D eigenvalue weighted by Gasteiger charge is 2.21. The van der Waals surface area contributed by atoms with Gasteiger partial charge in [-0.05, 0) is 5.56 Å². The second-order valence-electron chi connectivity index (χ2n) is 2.42. The molecule has 0 radical (unpaired) electrons. The van der Waals surface area contributed by atoms with Crippen molar-refractivity contribution in [2.45, 2.75) is 12.8 Å². The Balaban J connectivity index is 3.35. The molecule has 0 fully saturated rings. The first-order valence-electron chi connectivity index (χ1n) is 3.55. The van der Waals surface area contributed by atoms with Gasteiger partial charge in [0.05, 0.1) is 23.1 Å². The summed E-state index contributed by atoms with van der Waals surface area (Å²) < 4.78 is 37.5. The Hall–Kier alpha value is -1.28. The van der Waals surface area contributed by atoms with Crippen LogP contribution in [0.3, 0.4) is 0 Å².